The number of carbonyl (C=O) groups excluding carboxylic acids is 1. The quantitative estimate of drug-likeness (QED) is 0.452. The summed E-state index contributed by atoms with van der Waals surface area (Å²) in [5, 5.41) is 2.00. The average Bonchev–Trinajstić information content (AvgIpc) is 2.65. The van der Waals surface area contributed by atoms with Gasteiger partial charge in [0.2, 0.25) is 0 Å². The summed E-state index contributed by atoms with van der Waals surface area (Å²) < 4.78 is 89.1. The molecule has 31 heavy (non-hydrogen) atoms. The van der Waals surface area contributed by atoms with Gasteiger partial charge in [0.25, 0.3) is 5.91 Å². The molecule has 0 bridgehead atoms. The molecule has 0 radical (unpaired) electrons. The second-order valence-electron chi connectivity index (χ2n) is 6.04. The number of anilines is 1. The van der Waals surface area contributed by atoms with Crippen molar-refractivity contribution in [3.8, 4) is 11.5 Å². The molecule has 1 N–H and O–H groups in total. The Morgan fingerprint density at radius 3 is 2.19 bits per heavy atom. The van der Waals surface area contributed by atoms with E-state index in [4.69, 9.17) is 9.15 Å². The van der Waals surface area contributed by atoms with Crippen LogP contribution in [0.25, 0.3) is 11.0 Å². The first kappa shape index (κ1) is 22.0. The number of amides is 1. The number of hydrogen-bond donors (Lipinski definition) is 1. The first-order valence-electron chi connectivity index (χ1n) is 8.34. The summed E-state index contributed by atoms with van der Waals surface area (Å²) in [7, 11) is 0. The van der Waals surface area contributed by atoms with E-state index in [0.29, 0.717) is 6.07 Å². The van der Waals surface area contributed by atoms with E-state index in [0.717, 1.165) is 30.3 Å². The predicted molar refractivity (Wildman–Crippen MR) is 94.7 cm³/mol. The average molecular weight is 447 g/mol. The Morgan fingerprint density at radius 2 is 1.58 bits per heavy atom. The van der Waals surface area contributed by atoms with Crippen LogP contribution >= 0.6 is 0 Å². The molecule has 0 aliphatic heterocycles. The van der Waals surface area contributed by atoms with Crippen LogP contribution in [-0.2, 0) is 11.0 Å². The van der Waals surface area contributed by atoms with Crippen LogP contribution in [0.5, 0.6) is 11.5 Å². The van der Waals surface area contributed by atoms with E-state index in [1.165, 1.54) is 12.1 Å². The molecule has 0 spiro atoms. The third-order valence-electron chi connectivity index (χ3n) is 3.76. The largest absolute Gasteiger partial charge is 0.573 e. The highest BCUT2D eigenvalue weighted by atomic mass is 19.4. The van der Waals surface area contributed by atoms with Crippen LogP contribution in [0.3, 0.4) is 0 Å². The number of benzene rings is 2. The number of nitrogens with one attached hydrogen (secondary N) is 1. The number of carbonyl (C=O) groups is 1. The van der Waals surface area contributed by atoms with Gasteiger partial charge < -0.3 is 19.2 Å². The summed E-state index contributed by atoms with van der Waals surface area (Å²) in [5.74, 6) is -1.22. The summed E-state index contributed by atoms with van der Waals surface area (Å²) >= 11 is 0. The topological polar surface area (TPSA) is 77.8 Å². The molecule has 12 heteroatoms. The zero-order chi connectivity index (χ0) is 22.8. The van der Waals surface area contributed by atoms with Crippen molar-refractivity contribution in [2.75, 3.05) is 11.9 Å². The molecule has 1 amide bonds. The molecular formula is C19H11F6NO5. The van der Waals surface area contributed by atoms with Crippen molar-refractivity contribution in [3.05, 3.63) is 64.5 Å². The highest BCUT2D eigenvalue weighted by Gasteiger charge is 2.34. The van der Waals surface area contributed by atoms with Gasteiger partial charge in [-0.25, -0.2) is 4.79 Å². The van der Waals surface area contributed by atoms with Crippen LogP contribution in [0.4, 0.5) is 32.0 Å². The summed E-state index contributed by atoms with van der Waals surface area (Å²) in [5.41, 5.74) is -2.59. The van der Waals surface area contributed by atoms with Gasteiger partial charge in [-0.05, 0) is 36.4 Å². The highest BCUT2D eigenvalue weighted by Crippen LogP contribution is 2.34. The van der Waals surface area contributed by atoms with Crippen molar-refractivity contribution < 1.29 is 45.0 Å². The van der Waals surface area contributed by atoms with Crippen LogP contribution in [0.15, 0.2) is 57.7 Å². The van der Waals surface area contributed by atoms with Crippen molar-refractivity contribution in [1.82, 2.24) is 0 Å². The van der Waals surface area contributed by atoms with Crippen molar-refractivity contribution in [2.45, 2.75) is 12.5 Å². The molecule has 0 aliphatic carbocycles. The van der Waals surface area contributed by atoms with Gasteiger partial charge in [0.05, 0.1) is 5.56 Å². The Balaban J connectivity index is 1.65. The maximum Gasteiger partial charge on any atom is 0.573 e. The fourth-order valence-corrected chi connectivity index (χ4v) is 2.55. The molecule has 0 saturated heterocycles. The van der Waals surface area contributed by atoms with E-state index >= 15 is 0 Å². The lowest BCUT2D eigenvalue weighted by molar-refractivity contribution is -0.274. The number of ether oxygens (including phenoxy) is 2. The minimum Gasteiger partial charge on any atom is -0.484 e. The lowest BCUT2D eigenvalue weighted by Gasteiger charge is -2.11. The molecule has 2 aromatic carbocycles. The molecule has 0 atom stereocenters. The highest BCUT2D eigenvalue weighted by molar-refractivity contribution is 5.92. The maximum absolute atomic E-state index is 13.0. The number of alkyl halides is 6. The zero-order valence-electron chi connectivity index (χ0n) is 15.1. The standard InChI is InChI=1S/C19H11F6NO5/c20-18(21,22)14-8-17(28)30-15-7-12(5-6-13(14)15)29-9-16(27)26-10-1-3-11(4-2-10)31-19(23,24)25/h1-8H,9H2,(H,26,27). The van der Waals surface area contributed by atoms with Crippen LogP contribution < -0.4 is 20.4 Å². The minimum atomic E-state index is -4.85. The van der Waals surface area contributed by atoms with Gasteiger partial charge in [-0.2, -0.15) is 13.2 Å². The summed E-state index contributed by atoms with van der Waals surface area (Å²) in [6.45, 7) is -0.574. The van der Waals surface area contributed by atoms with Crippen LogP contribution in [-0.4, -0.2) is 18.9 Å². The van der Waals surface area contributed by atoms with Crippen LogP contribution in [0.1, 0.15) is 5.56 Å². The van der Waals surface area contributed by atoms with Gasteiger partial charge in [-0.15, -0.1) is 13.2 Å². The van der Waals surface area contributed by atoms with E-state index in [1.54, 1.807) is 0 Å². The van der Waals surface area contributed by atoms with Gasteiger partial charge in [0, 0.05) is 23.2 Å². The third kappa shape index (κ3) is 5.90. The van der Waals surface area contributed by atoms with E-state index in [-0.39, 0.29) is 22.4 Å². The van der Waals surface area contributed by atoms with Gasteiger partial charge in [-0.3, -0.25) is 4.79 Å². The van der Waals surface area contributed by atoms with Gasteiger partial charge in [0.15, 0.2) is 6.61 Å². The lowest BCUT2D eigenvalue weighted by Crippen LogP contribution is -2.20. The Hall–Kier alpha value is -3.70. The third-order valence-corrected chi connectivity index (χ3v) is 3.76. The summed E-state index contributed by atoms with van der Waals surface area (Å²) in [4.78, 5) is 23.3. The van der Waals surface area contributed by atoms with Gasteiger partial charge >= 0.3 is 18.2 Å². The first-order chi connectivity index (χ1) is 14.4. The molecule has 3 aromatic rings. The summed E-state index contributed by atoms with van der Waals surface area (Å²) in [6, 6.07) is 7.89. The number of rotatable bonds is 5. The Morgan fingerprint density at radius 1 is 0.935 bits per heavy atom. The Kier molecular flexibility index (Phi) is 5.82. The minimum absolute atomic E-state index is 0.0425. The normalized spacial score (nSPS) is 11.9. The molecule has 0 fully saturated rings. The van der Waals surface area contributed by atoms with Crippen molar-refractivity contribution in [3.63, 3.8) is 0 Å². The fraction of sp³-hybridized carbons (Fsp3) is 0.158. The Labute approximate surface area is 169 Å². The first-order valence-corrected chi connectivity index (χ1v) is 8.34. The SMILES string of the molecule is O=C(COc1ccc2c(C(F)(F)F)cc(=O)oc2c1)Nc1ccc(OC(F)(F)F)cc1. The number of hydrogen-bond acceptors (Lipinski definition) is 5. The van der Waals surface area contributed by atoms with Crippen molar-refractivity contribution >= 4 is 22.6 Å². The number of halogens is 6. The summed E-state index contributed by atoms with van der Waals surface area (Å²) in [6.07, 6.45) is -9.62. The molecular weight excluding hydrogens is 436 g/mol. The van der Waals surface area contributed by atoms with Gasteiger partial charge in [-0.1, -0.05) is 0 Å². The second-order valence-corrected chi connectivity index (χ2v) is 6.04. The van der Waals surface area contributed by atoms with Crippen LogP contribution in [0, 0.1) is 0 Å². The molecule has 164 valence electrons. The molecule has 0 aliphatic rings. The predicted octanol–water partition coefficient (Wildman–Crippen LogP) is 4.73. The molecule has 1 heterocycles. The van der Waals surface area contributed by atoms with Crippen molar-refractivity contribution in [1.29, 1.82) is 0 Å². The molecule has 6 nitrogen and oxygen atoms in total. The van der Waals surface area contributed by atoms with Crippen molar-refractivity contribution in [2.24, 2.45) is 0 Å². The lowest BCUT2D eigenvalue weighted by atomic mass is 10.1. The number of fused-ring (bicyclic) bond motifs is 1. The zero-order valence-corrected chi connectivity index (χ0v) is 15.1. The Bertz CT molecular complexity index is 1150. The van der Waals surface area contributed by atoms with E-state index in [2.05, 4.69) is 10.1 Å². The second kappa shape index (κ2) is 8.20. The molecule has 3 rings (SSSR count). The van der Waals surface area contributed by atoms with Crippen LogP contribution in [0.2, 0.25) is 0 Å². The molecule has 1 aromatic heterocycles. The van der Waals surface area contributed by atoms with Gasteiger partial charge in [0.1, 0.15) is 17.1 Å². The smallest absolute Gasteiger partial charge is 0.484 e. The maximum atomic E-state index is 13.0. The van der Waals surface area contributed by atoms with E-state index < -0.39 is 42.0 Å². The molecule has 0 saturated carbocycles. The monoisotopic (exact) mass is 447 g/mol. The van der Waals surface area contributed by atoms with E-state index in [1.807, 2.05) is 0 Å². The fourth-order valence-electron chi connectivity index (χ4n) is 2.55. The van der Waals surface area contributed by atoms with E-state index in [9.17, 15) is 35.9 Å². The molecule has 0 unspecified atom stereocenters.